The molecule has 27 heavy (non-hydrogen) atoms. The summed E-state index contributed by atoms with van der Waals surface area (Å²) in [5.41, 5.74) is 2.19. The van der Waals surface area contributed by atoms with Crippen LogP contribution in [0, 0.1) is 0 Å². The third kappa shape index (κ3) is 4.37. The standard InChI is InChI=1S/C17H17ClN6O2S.3H2/c1-27(25,26)24-12-4-2-3-11(7-12)16-19-9-13(18)17(21-16)20-15-8-14(22-23-15)10-5-6-10;;;/h2-4,7-10,24H,5-6H2,1H3,(H2,19,20,21,22,23);3*1H. The predicted molar refractivity (Wildman–Crippen MR) is 111 cm³/mol. The molecule has 1 aliphatic rings. The number of aromatic nitrogens is 4. The van der Waals surface area contributed by atoms with Gasteiger partial charge < -0.3 is 5.32 Å². The SMILES string of the molecule is CS(=O)(=O)Nc1cccc(-c2ncc(Cl)c(Nc3cc(C4CC4)[nH]n3)n2)c1.[HH].[HH].[HH]. The van der Waals surface area contributed by atoms with Gasteiger partial charge in [0.1, 0.15) is 5.02 Å². The van der Waals surface area contributed by atoms with E-state index in [-0.39, 0.29) is 4.28 Å². The smallest absolute Gasteiger partial charge is 0.229 e. The summed E-state index contributed by atoms with van der Waals surface area (Å²) in [6.45, 7) is 0. The molecule has 2 heterocycles. The molecule has 0 radical (unpaired) electrons. The van der Waals surface area contributed by atoms with Crippen molar-refractivity contribution < 1.29 is 12.7 Å². The van der Waals surface area contributed by atoms with Crippen molar-refractivity contribution in [3.05, 3.63) is 47.2 Å². The van der Waals surface area contributed by atoms with Gasteiger partial charge in [-0.25, -0.2) is 18.4 Å². The fourth-order valence-corrected chi connectivity index (χ4v) is 3.35. The van der Waals surface area contributed by atoms with Gasteiger partial charge in [-0.15, -0.1) is 0 Å². The Kier molecular flexibility index (Phi) is 4.48. The van der Waals surface area contributed by atoms with Crippen molar-refractivity contribution in [2.45, 2.75) is 18.8 Å². The van der Waals surface area contributed by atoms with Crippen LogP contribution in [0.25, 0.3) is 11.4 Å². The van der Waals surface area contributed by atoms with Crippen molar-refractivity contribution in [2.75, 3.05) is 16.3 Å². The van der Waals surface area contributed by atoms with E-state index in [1.165, 1.54) is 19.0 Å². The molecule has 0 atom stereocenters. The lowest BCUT2D eigenvalue weighted by Crippen LogP contribution is -2.09. The Morgan fingerprint density at radius 3 is 2.85 bits per heavy atom. The van der Waals surface area contributed by atoms with Crippen molar-refractivity contribution >= 4 is 38.9 Å². The number of hydrogen-bond acceptors (Lipinski definition) is 6. The van der Waals surface area contributed by atoms with E-state index >= 15 is 0 Å². The molecule has 0 aliphatic heterocycles. The van der Waals surface area contributed by atoms with Crippen LogP contribution >= 0.6 is 11.6 Å². The predicted octanol–water partition coefficient (Wildman–Crippen LogP) is 4.25. The average Bonchev–Trinajstić information content (AvgIpc) is 3.35. The molecule has 4 rings (SSSR count). The molecule has 0 saturated heterocycles. The van der Waals surface area contributed by atoms with Gasteiger partial charge in [-0.3, -0.25) is 9.82 Å². The number of nitrogens with zero attached hydrogens (tertiary/aromatic N) is 3. The largest absolute Gasteiger partial charge is 0.322 e. The summed E-state index contributed by atoms with van der Waals surface area (Å²) in [6.07, 6.45) is 4.95. The Morgan fingerprint density at radius 2 is 2.11 bits per heavy atom. The summed E-state index contributed by atoms with van der Waals surface area (Å²) < 4.78 is 25.3. The maximum Gasteiger partial charge on any atom is 0.229 e. The Morgan fingerprint density at radius 1 is 1.30 bits per heavy atom. The molecule has 3 aromatic rings. The van der Waals surface area contributed by atoms with E-state index in [2.05, 4.69) is 30.2 Å². The molecule has 2 aromatic heterocycles. The van der Waals surface area contributed by atoms with Crippen LogP contribution in [0.1, 0.15) is 28.7 Å². The zero-order valence-electron chi connectivity index (χ0n) is 14.4. The Labute approximate surface area is 165 Å². The second-order valence-corrected chi connectivity index (χ2v) is 8.61. The number of H-pyrrole nitrogens is 1. The molecular weight excluding hydrogens is 388 g/mol. The summed E-state index contributed by atoms with van der Waals surface area (Å²) in [4.78, 5) is 8.70. The van der Waals surface area contributed by atoms with Crippen LogP contribution in [0.2, 0.25) is 5.02 Å². The lowest BCUT2D eigenvalue weighted by Gasteiger charge is -2.09. The van der Waals surface area contributed by atoms with Gasteiger partial charge in [-0.1, -0.05) is 23.7 Å². The van der Waals surface area contributed by atoms with Crippen LogP contribution in [0.15, 0.2) is 36.5 Å². The molecule has 0 bridgehead atoms. The van der Waals surface area contributed by atoms with Crippen LogP contribution in [0.4, 0.5) is 17.3 Å². The van der Waals surface area contributed by atoms with Gasteiger partial charge in [-0.2, -0.15) is 5.10 Å². The van der Waals surface area contributed by atoms with Crippen LogP contribution in [0.3, 0.4) is 0 Å². The molecule has 10 heteroatoms. The van der Waals surface area contributed by atoms with Crippen molar-refractivity contribution in [1.82, 2.24) is 20.2 Å². The molecular formula is C17H23ClN6O2S. The van der Waals surface area contributed by atoms with E-state index in [1.807, 2.05) is 6.07 Å². The van der Waals surface area contributed by atoms with Crippen LogP contribution in [-0.4, -0.2) is 34.8 Å². The topological polar surface area (TPSA) is 113 Å². The lowest BCUT2D eigenvalue weighted by molar-refractivity contribution is 0.607. The second-order valence-electron chi connectivity index (χ2n) is 6.45. The van der Waals surface area contributed by atoms with Gasteiger partial charge in [0.2, 0.25) is 10.0 Å². The lowest BCUT2D eigenvalue weighted by atomic mass is 10.2. The fraction of sp³-hybridized carbons (Fsp3) is 0.235. The zero-order valence-corrected chi connectivity index (χ0v) is 16.0. The van der Waals surface area contributed by atoms with E-state index in [9.17, 15) is 8.42 Å². The third-order valence-corrected chi connectivity index (χ3v) is 4.91. The van der Waals surface area contributed by atoms with Crippen LogP contribution in [0.5, 0.6) is 0 Å². The van der Waals surface area contributed by atoms with Gasteiger partial charge >= 0.3 is 0 Å². The van der Waals surface area contributed by atoms with Crippen molar-refractivity contribution in [3.63, 3.8) is 0 Å². The number of halogens is 1. The van der Waals surface area contributed by atoms with Gasteiger partial charge in [-0.05, 0) is 25.0 Å². The van der Waals surface area contributed by atoms with E-state index in [0.717, 1.165) is 11.9 Å². The summed E-state index contributed by atoms with van der Waals surface area (Å²) in [5, 5.41) is 10.7. The van der Waals surface area contributed by atoms with E-state index in [1.54, 1.807) is 24.3 Å². The number of sulfonamides is 1. The summed E-state index contributed by atoms with van der Waals surface area (Å²) in [7, 11) is -3.37. The van der Waals surface area contributed by atoms with Crippen molar-refractivity contribution in [3.8, 4) is 11.4 Å². The highest BCUT2D eigenvalue weighted by Gasteiger charge is 2.25. The summed E-state index contributed by atoms with van der Waals surface area (Å²) in [5.74, 6) is 2.04. The number of aromatic amines is 1. The Bertz CT molecular complexity index is 1110. The number of hydrogen-bond donors (Lipinski definition) is 3. The minimum Gasteiger partial charge on any atom is -0.322 e. The van der Waals surface area contributed by atoms with Crippen LogP contribution in [-0.2, 0) is 10.0 Å². The van der Waals surface area contributed by atoms with Gasteiger partial charge in [0, 0.05) is 33.2 Å². The normalized spacial score (nSPS) is 14.1. The number of nitrogens with one attached hydrogen (secondary N) is 3. The summed E-state index contributed by atoms with van der Waals surface area (Å²) in [6, 6.07) is 8.78. The van der Waals surface area contributed by atoms with E-state index < -0.39 is 10.0 Å². The van der Waals surface area contributed by atoms with Gasteiger partial charge in [0.25, 0.3) is 0 Å². The highest BCUT2D eigenvalue weighted by molar-refractivity contribution is 7.92. The molecule has 0 unspecified atom stereocenters. The fourth-order valence-electron chi connectivity index (χ4n) is 2.66. The first-order valence-corrected chi connectivity index (χ1v) is 10.6. The maximum absolute atomic E-state index is 11.4. The number of benzene rings is 1. The molecule has 1 fully saturated rings. The first-order valence-electron chi connectivity index (χ1n) is 8.30. The average molecular weight is 411 g/mol. The number of rotatable bonds is 6. The molecule has 0 amide bonds. The van der Waals surface area contributed by atoms with Gasteiger partial charge in [0.15, 0.2) is 17.5 Å². The Balaban J connectivity index is 0.00000150. The first-order chi connectivity index (χ1) is 12.9. The highest BCUT2D eigenvalue weighted by Crippen LogP contribution is 2.39. The van der Waals surface area contributed by atoms with E-state index in [4.69, 9.17) is 11.6 Å². The molecule has 0 spiro atoms. The molecule has 1 aromatic carbocycles. The highest BCUT2D eigenvalue weighted by atomic mass is 35.5. The minimum absolute atomic E-state index is 0. The van der Waals surface area contributed by atoms with Crippen molar-refractivity contribution in [1.29, 1.82) is 0 Å². The van der Waals surface area contributed by atoms with Crippen molar-refractivity contribution in [2.24, 2.45) is 0 Å². The second kappa shape index (κ2) is 6.82. The molecule has 8 nitrogen and oxygen atoms in total. The molecule has 3 N–H and O–H groups in total. The monoisotopic (exact) mass is 410 g/mol. The minimum atomic E-state index is -3.37. The number of anilines is 3. The quantitative estimate of drug-likeness (QED) is 0.559. The Hall–Kier alpha value is -2.65. The first kappa shape index (κ1) is 17.7. The zero-order chi connectivity index (χ0) is 19.0. The molecule has 1 aliphatic carbocycles. The van der Waals surface area contributed by atoms with Gasteiger partial charge in [0.05, 0.1) is 12.5 Å². The molecule has 146 valence electrons. The van der Waals surface area contributed by atoms with Crippen LogP contribution < -0.4 is 10.0 Å². The van der Waals surface area contributed by atoms with E-state index in [0.29, 0.717) is 39.7 Å². The summed E-state index contributed by atoms with van der Waals surface area (Å²) >= 11 is 6.22. The maximum atomic E-state index is 11.4. The molecule has 1 saturated carbocycles. The third-order valence-electron chi connectivity index (χ3n) is 4.03.